The first-order chi connectivity index (χ1) is 8.11. The number of rotatable bonds is 5. The molecule has 1 fully saturated rings. The van der Waals surface area contributed by atoms with Gasteiger partial charge in [0.1, 0.15) is 11.5 Å². The Balaban J connectivity index is 2.27. The summed E-state index contributed by atoms with van der Waals surface area (Å²) >= 11 is 0. The topological polar surface area (TPSA) is 55.8 Å². The third-order valence-electron chi connectivity index (χ3n) is 3.32. The summed E-state index contributed by atoms with van der Waals surface area (Å²) in [6.07, 6.45) is 1.98. The molecule has 17 heavy (non-hydrogen) atoms. The van der Waals surface area contributed by atoms with Crippen molar-refractivity contribution in [2.24, 2.45) is 5.41 Å². The lowest BCUT2D eigenvalue weighted by atomic mass is 9.96. The van der Waals surface area contributed by atoms with Crippen LogP contribution in [0.3, 0.4) is 0 Å². The van der Waals surface area contributed by atoms with Gasteiger partial charge in [0, 0.05) is 0 Å². The van der Waals surface area contributed by atoms with E-state index in [0.29, 0.717) is 6.42 Å². The number of ether oxygens (including phenoxy) is 2. The molecule has 0 unspecified atom stereocenters. The second-order valence-corrected chi connectivity index (χ2v) is 4.44. The molecule has 1 N–H and O–H groups in total. The van der Waals surface area contributed by atoms with Gasteiger partial charge in [0.25, 0.3) is 0 Å². The molecule has 0 bridgehead atoms. The van der Waals surface area contributed by atoms with Crippen molar-refractivity contribution in [3.8, 4) is 11.5 Å². The second-order valence-electron chi connectivity index (χ2n) is 4.44. The van der Waals surface area contributed by atoms with Gasteiger partial charge >= 0.3 is 5.97 Å². The average Bonchev–Trinajstić information content (AvgIpc) is 3.10. The van der Waals surface area contributed by atoms with E-state index in [-0.39, 0.29) is 0 Å². The number of methoxy groups -OCH3 is 2. The highest BCUT2D eigenvalue weighted by atomic mass is 16.5. The number of hydrogen-bond donors (Lipinski definition) is 1. The lowest BCUT2D eigenvalue weighted by Gasteiger charge is -2.14. The van der Waals surface area contributed by atoms with Crippen LogP contribution in [0.15, 0.2) is 18.2 Å². The van der Waals surface area contributed by atoms with Crippen LogP contribution in [0.1, 0.15) is 18.4 Å². The zero-order chi connectivity index (χ0) is 12.5. The molecule has 1 aliphatic rings. The predicted octanol–water partition coefficient (Wildman–Crippen LogP) is 2.11. The summed E-state index contributed by atoms with van der Waals surface area (Å²) in [6.45, 7) is 0. The Morgan fingerprint density at radius 1 is 1.35 bits per heavy atom. The van der Waals surface area contributed by atoms with E-state index < -0.39 is 11.4 Å². The number of carboxylic acids is 1. The summed E-state index contributed by atoms with van der Waals surface area (Å²) < 4.78 is 10.4. The van der Waals surface area contributed by atoms with E-state index in [1.807, 2.05) is 18.2 Å². The Morgan fingerprint density at radius 2 is 2.06 bits per heavy atom. The smallest absolute Gasteiger partial charge is 0.309 e. The number of carboxylic acid groups (broad SMARTS) is 1. The van der Waals surface area contributed by atoms with Crippen molar-refractivity contribution < 1.29 is 19.4 Å². The maximum atomic E-state index is 11.2. The maximum Gasteiger partial charge on any atom is 0.309 e. The molecular weight excluding hydrogens is 220 g/mol. The van der Waals surface area contributed by atoms with Crippen LogP contribution in [0.4, 0.5) is 0 Å². The molecule has 0 radical (unpaired) electrons. The zero-order valence-corrected chi connectivity index (χ0v) is 10.0. The van der Waals surface area contributed by atoms with Crippen molar-refractivity contribution >= 4 is 5.97 Å². The Morgan fingerprint density at radius 3 is 2.53 bits per heavy atom. The van der Waals surface area contributed by atoms with Crippen LogP contribution in [0.25, 0.3) is 0 Å². The molecule has 0 aromatic heterocycles. The standard InChI is InChI=1S/C13H16O4/c1-16-10-3-4-11(17-2)9(7-10)8-13(5-6-13)12(14)15/h3-4,7H,5-6,8H2,1-2H3,(H,14,15). The number of hydrogen-bond acceptors (Lipinski definition) is 3. The van der Waals surface area contributed by atoms with Gasteiger partial charge in [0.05, 0.1) is 19.6 Å². The van der Waals surface area contributed by atoms with Gasteiger partial charge in [-0.15, -0.1) is 0 Å². The average molecular weight is 236 g/mol. The van der Waals surface area contributed by atoms with Crippen molar-refractivity contribution in [2.45, 2.75) is 19.3 Å². The van der Waals surface area contributed by atoms with Gasteiger partial charge < -0.3 is 14.6 Å². The second kappa shape index (κ2) is 4.28. The highest BCUT2D eigenvalue weighted by molar-refractivity contribution is 5.78. The van der Waals surface area contributed by atoms with Gasteiger partial charge in [-0.1, -0.05) is 0 Å². The lowest BCUT2D eigenvalue weighted by Crippen LogP contribution is -2.18. The summed E-state index contributed by atoms with van der Waals surface area (Å²) in [5, 5.41) is 9.18. The normalized spacial score (nSPS) is 16.4. The number of benzene rings is 1. The van der Waals surface area contributed by atoms with Crippen molar-refractivity contribution in [2.75, 3.05) is 14.2 Å². The zero-order valence-electron chi connectivity index (χ0n) is 10.0. The van der Waals surface area contributed by atoms with Crippen LogP contribution >= 0.6 is 0 Å². The number of carbonyl (C=O) groups is 1. The monoisotopic (exact) mass is 236 g/mol. The Hall–Kier alpha value is -1.71. The summed E-state index contributed by atoms with van der Waals surface area (Å²) in [5.74, 6) is 0.725. The summed E-state index contributed by atoms with van der Waals surface area (Å²) in [4.78, 5) is 11.2. The minimum Gasteiger partial charge on any atom is -0.497 e. The molecule has 0 saturated heterocycles. The van der Waals surface area contributed by atoms with Crippen LogP contribution < -0.4 is 9.47 Å². The molecule has 0 atom stereocenters. The highest BCUT2D eigenvalue weighted by Gasteiger charge is 2.50. The van der Waals surface area contributed by atoms with Gasteiger partial charge in [-0.05, 0) is 43.0 Å². The predicted molar refractivity (Wildman–Crippen MR) is 62.6 cm³/mol. The third kappa shape index (κ3) is 2.20. The van der Waals surface area contributed by atoms with Crippen LogP contribution in [-0.2, 0) is 11.2 Å². The molecule has 1 aromatic rings. The van der Waals surface area contributed by atoms with Crippen molar-refractivity contribution in [3.05, 3.63) is 23.8 Å². The molecule has 0 amide bonds. The summed E-state index contributed by atoms with van der Waals surface area (Å²) in [5.41, 5.74) is 0.311. The van der Waals surface area contributed by atoms with Crippen LogP contribution in [0.5, 0.6) is 11.5 Å². The van der Waals surface area contributed by atoms with Crippen LogP contribution in [-0.4, -0.2) is 25.3 Å². The van der Waals surface area contributed by atoms with Gasteiger partial charge in [-0.2, -0.15) is 0 Å². The van der Waals surface area contributed by atoms with Crippen molar-refractivity contribution in [1.29, 1.82) is 0 Å². The van der Waals surface area contributed by atoms with Gasteiger partial charge in [-0.25, -0.2) is 0 Å². The largest absolute Gasteiger partial charge is 0.497 e. The molecule has 0 spiro atoms. The fourth-order valence-corrected chi connectivity index (χ4v) is 2.00. The van der Waals surface area contributed by atoms with Gasteiger partial charge in [0.15, 0.2) is 0 Å². The van der Waals surface area contributed by atoms with E-state index >= 15 is 0 Å². The summed E-state index contributed by atoms with van der Waals surface area (Å²) in [6, 6.07) is 5.47. The van der Waals surface area contributed by atoms with Gasteiger partial charge in [0.2, 0.25) is 0 Å². The van der Waals surface area contributed by atoms with Crippen molar-refractivity contribution in [1.82, 2.24) is 0 Å². The number of aliphatic carboxylic acids is 1. The third-order valence-corrected chi connectivity index (χ3v) is 3.32. The molecule has 4 heteroatoms. The van der Waals surface area contributed by atoms with E-state index in [2.05, 4.69) is 0 Å². The van der Waals surface area contributed by atoms with E-state index in [0.717, 1.165) is 29.9 Å². The summed E-state index contributed by atoms with van der Waals surface area (Å²) in [7, 11) is 3.18. The molecule has 0 heterocycles. The molecule has 1 saturated carbocycles. The molecule has 4 nitrogen and oxygen atoms in total. The minimum atomic E-state index is -0.720. The molecule has 2 rings (SSSR count). The van der Waals surface area contributed by atoms with Crippen LogP contribution in [0.2, 0.25) is 0 Å². The fraction of sp³-hybridized carbons (Fsp3) is 0.462. The Bertz CT molecular complexity index is 435. The highest BCUT2D eigenvalue weighted by Crippen LogP contribution is 2.49. The SMILES string of the molecule is COc1ccc(OC)c(CC2(C(=O)O)CC2)c1. The van der Waals surface area contributed by atoms with E-state index in [1.54, 1.807) is 14.2 Å². The van der Waals surface area contributed by atoms with E-state index in [9.17, 15) is 9.90 Å². The molecule has 92 valence electrons. The first-order valence-corrected chi connectivity index (χ1v) is 5.55. The van der Waals surface area contributed by atoms with Crippen LogP contribution in [0, 0.1) is 5.41 Å². The fourth-order valence-electron chi connectivity index (χ4n) is 2.00. The maximum absolute atomic E-state index is 11.2. The molecule has 1 aromatic carbocycles. The quantitative estimate of drug-likeness (QED) is 0.850. The van der Waals surface area contributed by atoms with Crippen molar-refractivity contribution in [3.63, 3.8) is 0 Å². The molecule has 1 aliphatic carbocycles. The molecular formula is C13H16O4. The molecule has 0 aliphatic heterocycles. The first kappa shape index (κ1) is 11.8. The first-order valence-electron chi connectivity index (χ1n) is 5.55. The van der Waals surface area contributed by atoms with E-state index in [4.69, 9.17) is 9.47 Å². The lowest BCUT2D eigenvalue weighted by molar-refractivity contribution is -0.143. The minimum absolute atomic E-state index is 0.503. The Labute approximate surface area is 100 Å². The van der Waals surface area contributed by atoms with E-state index in [1.165, 1.54) is 0 Å². The Kier molecular flexibility index (Phi) is 2.96. The van der Waals surface area contributed by atoms with Gasteiger partial charge in [-0.3, -0.25) is 4.79 Å².